The molecule has 0 aliphatic carbocycles. The zero-order valence-corrected chi connectivity index (χ0v) is 11.4. The number of nitrogens with zero attached hydrogens (tertiary/aromatic N) is 2. The Hall–Kier alpha value is -0.610. The molecule has 1 aromatic carbocycles. The molecule has 0 spiro atoms. The molecule has 1 aliphatic rings. The lowest BCUT2D eigenvalue weighted by atomic mass is 10.1. The molecule has 2 heterocycles. The van der Waals surface area contributed by atoms with Crippen LogP contribution in [0, 0.1) is 0 Å². The third-order valence-corrected chi connectivity index (χ3v) is 4.54. The second-order valence-electron chi connectivity index (χ2n) is 4.16. The van der Waals surface area contributed by atoms with Crippen LogP contribution >= 0.6 is 27.3 Å². The summed E-state index contributed by atoms with van der Waals surface area (Å²) in [6.45, 7) is 2.34. The molecule has 0 bridgehead atoms. The average molecular weight is 297 g/mol. The van der Waals surface area contributed by atoms with E-state index in [1.165, 1.54) is 42.2 Å². The maximum Gasteiger partial charge on any atom is 0.186 e. The van der Waals surface area contributed by atoms with Crippen LogP contribution in [0.25, 0.3) is 10.2 Å². The predicted octanol–water partition coefficient (Wildman–Crippen LogP) is 4.05. The zero-order valence-electron chi connectivity index (χ0n) is 8.95. The van der Waals surface area contributed by atoms with Crippen molar-refractivity contribution in [3.05, 3.63) is 22.7 Å². The van der Waals surface area contributed by atoms with Crippen LogP contribution in [0.15, 0.2) is 22.7 Å². The van der Waals surface area contributed by atoms with Gasteiger partial charge in [-0.15, -0.1) is 0 Å². The highest BCUT2D eigenvalue weighted by Gasteiger charge is 2.14. The van der Waals surface area contributed by atoms with Gasteiger partial charge in [-0.1, -0.05) is 27.3 Å². The first-order valence-corrected chi connectivity index (χ1v) is 7.25. The van der Waals surface area contributed by atoms with E-state index < -0.39 is 0 Å². The number of anilines is 1. The van der Waals surface area contributed by atoms with Gasteiger partial charge in [0.05, 0.1) is 10.2 Å². The van der Waals surface area contributed by atoms with Crippen molar-refractivity contribution in [1.82, 2.24) is 4.98 Å². The highest BCUT2D eigenvalue weighted by Crippen LogP contribution is 2.31. The summed E-state index contributed by atoms with van der Waals surface area (Å²) in [4.78, 5) is 7.12. The summed E-state index contributed by atoms with van der Waals surface area (Å²) < 4.78 is 2.41. The molecular formula is C12H13BrN2S. The van der Waals surface area contributed by atoms with E-state index in [1.807, 2.05) is 0 Å². The van der Waals surface area contributed by atoms with E-state index in [4.69, 9.17) is 4.98 Å². The molecule has 0 N–H and O–H groups in total. The molecule has 2 aromatic rings. The second kappa shape index (κ2) is 4.34. The lowest BCUT2D eigenvalue weighted by molar-refractivity contribution is 0.577. The van der Waals surface area contributed by atoms with Crippen molar-refractivity contribution in [2.24, 2.45) is 0 Å². The van der Waals surface area contributed by atoms with Gasteiger partial charge in [0.2, 0.25) is 0 Å². The van der Waals surface area contributed by atoms with Crippen LogP contribution in [-0.2, 0) is 0 Å². The standard InChI is InChI=1S/C12H13BrN2S/c13-9-4-5-10-11(8-9)16-12(14-10)15-6-2-1-3-7-15/h4-5,8H,1-3,6-7H2. The number of aromatic nitrogens is 1. The quantitative estimate of drug-likeness (QED) is 0.789. The van der Waals surface area contributed by atoms with Gasteiger partial charge in [-0.2, -0.15) is 0 Å². The van der Waals surface area contributed by atoms with Crippen molar-refractivity contribution in [3.8, 4) is 0 Å². The van der Waals surface area contributed by atoms with Gasteiger partial charge in [-0.05, 0) is 37.5 Å². The molecule has 1 aromatic heterocycles. The molecule has 16 heavy (non-hydrogen) atoms. The van der Waals surface area contributed by atoms with Gasteiger partial charge in [-0.3, -0.25) is 0 Å². The molecule has 1 aliphatic heterocycles. The molecule has 0 amide bonds. The van der Waals surface area contributed by atoms with Gasteiger partial charge < -0.3 is 4.90 Å². The number of fused-ring (bicyclic) bond motifs is 1. The Labute approximate surface area is 107 Å². The topological polar surface area (TPSA) is 16.1 Å². The van der Waals surface area contributed by atoms with Crippen molar-refractivity contribution < 1.29 is 0 Å². The maximum absolute atomic E-state index is 4.70. The SMILES string of the molecule is Brc1ccc2nc(N3CCCCC3)sc2c1. The van der Waals surface area contributed by atoms with E-state index in [1.54, 1.807) is 11.3 Å². The summed E-state index contributed by atoms with van der Waals surface area (Å²) in [5, 5.41) is 1.19. The minimum Gasteiger partial charge on any atom is -0.348 e. The molecule has 1 fully saturated rings. The number of halogens is 1. The largest absolute Gasteiger partial charge is 0.348 e. The molecule has 1 saturated heterocycles. The van der Waals surface area contributed by atoms with E-state index in [-0.39, 0.29) is 0 Å². The fraction of sp³-hybridized carbons (Fsp3) is 0.417. The summed E-state index contributed by atoms with van der Waals surface area (Å²) >= 11 is 5.31. The van der Waals surface area contributed by atoms with Crippen LogP contribution < -0.4 is 4.90 Å². The van der Waals surface area contributed by atoms with Crippen molar-refractivity contribution in [2.75, 3.05) is 18.0 Å². The predicted molar refractivity (Wildman–Crippen MR) is 73.4 cm³/mol. The fourth-order valence-electron chi connectivity index (χ4n) is 2.11. The molecule has 2 nitrogen and oxygen atoms in total. The van der Waals surface area contributed by atoms with Crippen LogP contribution in [0.2, 0.25) is 0 Å². The summed E-state index contributed by atoms with van der Waals surface area (Å²) in [5.41, 5.74) is 1.12. The molecule has 0 saturated carbocycles. The smallest absolute Gasteiger partial charge is 0.186 e. The monoisotopic (exact) mass is 296 g/mol. The van der Waals surface area contributed by atoms with Crippen LogP contribution in [0.3, 0.4) is 0 Å². The first-order chi connectivity index (χ1) is 7.83. The molecule has 3 rings (SSSR count). The van der Waals surface area contributed by atoms with Crippen molar-refractivity contribution >= 4 is 42.6 Å². The Bertz CT molecular complexity index is 503. The molecule has 0 atom stereocenters. The zero-order chi connectivity index (χ0) is 11.0. The van der Waals surface area contributed by atoms with E-state index in [0.717, 1.165) is 9.99 Å². The van der Waals surface area contributed by atoms with Gasteiger partial charge >= 0.3 is 0 Å². The Balaban J connectivity index is 1.97. The van der Waals surface area contributed by atoms with Crippen molar-refractivity contribution in [2.45, 2.75) is 19.3 Å². The lowest BCUT2D eigenvalue weighted by Crippen LogP contribution is -2.29. The normalized spacial score (nSPS) is 16.9. The number of rotatable bonds is 1. The number of benzene rings is 1. The third-order valence-electron chi connectivity index (χ3n) is 2.97. The number of thiazole rings is 1. The number of hydrogen-bond donors (Lipinski definition) is 0. The molecule has 84 valence electrons. The van der Waals surface area contributed by atoms with Gasteiger partial charge in [0.25, 0.3) is 0 Å². The molecule has 0 unspecified atom stereocenters. The van der Waals surface area contributed by atoms with Crippen LogP contribution in [0.1, 0.15) is 19.3 Å². The Morgan fingerprint density at radius 3 is 2.81 bits per heavy atom. The highest BCUT2D eigenvalue weighted by atomic mass is 79.9. The average Bonchev–Trinajstić information content (AvgIpc) is 2.73. The van der Waals surface area contributed by atoms with Gasteiger partial charge in [0.1, 0.15) is 0 Å². The van der Waals surface area contributed by atoms with Crippen molar-refractivity contribution in [3.63, 3.8) is 0 Å². The number of hydrogen-bond acceptors (Lipinski definition) is 3. The molecule has 0 radical (unpaired) electrons. The first-order valence-electron chi connectivity index (χ1n) is 5.64. The summed E-state index contributed by atoms with van der Waals surface area (Å²) in [6, 6.07) is 6.30. The minimum atomic E-state index is 1.12. The first kappa shape index (κ1) is 10.5. The van der Waals surface area contributed by atoms with Crippen LogP contribution in [0.5, 0.6) is 0 Å². The number of piperidine rings is 1. The van der Waals surface area contributed by atoms with Gasteiger partial charge in [0.15, 0.2) is 5.13 Å². The summed E-state index contributed by atoms with van der Waals surface area (Å²) in [7, 11) is 0. The van der Waals surface area contributed by atoms with E-state index in [2.05, 4.69) is 39.0 Å². The van der Waals surface area contributed by atoms with Crippen LogP contribution in [-0.4, -0.2) is 18.1 Å². The van der Waals surface area contributed by atoms with Crippen molar-refractivity contribution in [1.29, 1.82) is 0 Å². The highest BCUT2D eigenvalue weighted by molar-refractivity contribution is 9.10. The minimum absolute atomic E-state index is 1.12. The van der Waals surface area contributed by atoms with Crippen LogP contribution in [0.4, 0.5) is 5.13 Å². The fourth-order valence-corrected chi connectivity index (χ4v) is 3.68. The Morgan fingerprint density at radius 2 is 2.00 bits per heavy atom. The van der Waals surface area contributed by atoms with E-state index in [0.29, 0.717) is 0 Å². The van der Waals surface area contributed by atoms with Gasteiger partial charge in [0, 0.05) is 17.6 Å². The van der Waals surface area contributed by atoms with E-state index in [9.17, 15) is 0 Å². The summed E-state index contributed by atoms with van der Waals surface area (Å²) in [5.74, 6) is 0. The maximum atomic E-state index is 4.70. The molecular weight excluding hydrogens is 284 g/mol. The lowest BCUT2D eigenvalue weighted by Gasteiger charge is -2.25. The third kappa shape index (κ3) is 1.96. The Morgan fingerprint density at radius 1 is 1.19 bits per heavy atom. The van der Waals surface area contributed by atoms with Gasteiger partial charge in [-0.25, -0.2) is 4.98 Å². The second-order valence-corrected chi connectivity index (χ2v) is 6.08. The molecule has 4 heteroatoms. The Kier molecular flexibility index (Phi) is 2.86. The van der Waals surface area contributed by atoms with E-state index >= 15 is 0 Å². The summed E-state index contributed by atoms with van der Waals surface area (Å²) in [6.07, 6.45) is 3.98.